The van der Waals surface area contributed by atoms with E-state index in [9.17, 15) is 19.8 Å². The number of aromatic nitrogens is 2. The van der Waals surface area contributed by atoms with E-state index >= 15 is 4.39 Å². The van der Waals surface area contributed by atoms with Gasteiger partial charge in [0.15, 0.2) is 0 Å². The topological polar surface area (TPSA) is 108 Å². The number of imidazole rings is 1. The number of likely N-dealkylation sites (tertiary alicyclic amines) is 1. The lowest BCUT2D eigenvalue weighted by molar-refractivity contribution is -0.0214. The molecule has 2 fully saturated rings. The molecule has 0 bridgehead atoms. The van der Waals surface area contributed by atoms with Crippen LogP contribution in [0.4, 0.5) is 9.18 Å². The Hall–Kier alpha value is -3.21. The van der Waals surface area contributed by atoms with Crippen LogP contribution in [0.3, 0.4) is 0 Å². The average Bonchev–Trinajstić information content (AvgIpc) is 3.42. The molecule has 2 unspecified atom stereocenters. The maximum atomic E-state index is 15.4. The van der Waals surface area contributed by atoms with Gasteiger partial charge in [-0.05, 0) is 30.7 Å². The minimum atomic E-state index is -1.01. The fraction of sp³-hybridized carbons (Fsp3) is 0.375. The molecule has 1 aromatic carbocycles. The summed E-state index contributed by atoms with van der Waals surface area (Å²) in [4.78, 5) is 31.6. The van der Waals surface area contributed by atoms with E-state index in [4.69, 9.17) is 16.3 Å². The molecule has 2 N–H and O–H groups in total. The van der Waals surface area contributed by atoms with Crippen molar-refractivity contribution in [2.24, 2.45) is 0 Å². The zero-order chi connectivity index (χ0) is 24.7. The number of carbonyl (C=O) groups excluding carboxylic acids is 1. The van der Waals surface area contributed by atoms with Crippen LogP contribution in [0, 0.1) is 5.82 Å². The SMILES string of the molecule is O=C(O)N1CCOC(Cc2c(-c3ccc(C(=O)N4CCC(O)C4)cc3F)nc3cc(Cl)ccn23)C1. The van der Waals surface area contributed by atoms with Crippen LogP contribution in [0.1, 0.15) is 22.5 Å². The largest absolute Gasteiger partial charge is 0.465 e. The van der Waals surface area contributed by atoms with Gasteiger partial charge in [-0.2, -0.15) is 0 Å². The molecule has 0 spiro atoms. The lowest BCUT2D eigenvalue weighted by atomic mass is 10.0. The minimum absolute atomic E-state index is 0.188. The van der Waals surface area contributed by atoms with Gasteiger partial charge in [-0.1, -0.05) is 11.6 Å². The number of β-amino-alcohol motifs (C(OH)–C–C–N with tert-alkyl or cyclic N) is 1. The van der Waals surface area contributed by atoms with Crippen molar-refractivity contribution >= 4 is 29.2 Å². The lowest BCUT2D eigenvalue weighted by Gasteiger charge is -2.31. The molecule has 2 aliphatic heterocycles. The number of ether oxygens (including phenoxy) is 1. The van der Waals surface area contributed by atoms with Crippen molar-refractivity contribution in [2.75, 3.05) is 32.8 Å². The van der Waals surface area contributed by atoms with E-state index in [1.807, 2.05) is 0 Å². The predicted octanol–water partition coefficient (Wildman–Crippen LogP) is 2.92. The van der Waals surface area contributed by atoms with Crippen LogP contribution < -0.4 is 0 Å². The van der Waals surface area contributed by atoms with Gasteiger partial charge >= 0.3 is 6.09 Å². The summed E-state index contributed by atoms with van der Waals surface area (Å²) in [6.07, 6.45) is 0.528. The zero-order valence-corrected chi connectivity index (χ0v) is 19.5. The first-order valence-electron chi connectivity index (χ1n) is 11.3. The number of fused-ring (bicyclic) bond motifs is 1. The van der Waals surface area contributed by atoms with Crippen LogP contribution in [0.25, 0.3) is 16.9 Å². The predicted molar refractivity (Wildman–Crippen MR) is 125 cm³/mol. The monoisotopic (exact) mass is 502 g/mol. The van der Waals surface area contributed by atoms with Gasteiger partial charge in [-0.3, -0.25) is 4.79 Å². The average molecular weight is 503 g/mol. The number of hydrogen-bond acceptors (Lipinski definition) is 5. The van der Waals surface area contributed by atoms with Gasteiger partial charge in [0.25, 0.3) is 5.91 Å². The molecular weight excluding hydrogens is 479 g/mol. The number of nitrogens with zero attached hydrogens (tertiary/aromatic N) is 4. The van der Waals surface area contributed by atoms with E-state index in [1.165, 1.54) is 21.9 Å². The Labute approximate surface area is 205 Å². The maximum absolute atomic E-state index is 15.4. The Bertz CT molecular complexity index is 1300. The summed E-state index contributed by atoms with van der Waals surface area (Å²) < 4.78 is 23.0. The molecule has 2 atom stereocenters. The molecular formula is C24H24ClFN4O5. The van der Waals surface area contributed by atoms with Gasteiger partial charge in [0.05, 0.1) is 36.7 Å². The molecule has 3 aromatic rings. The highest BCUT2D eigenvalue weighted by Gasteiger charge is 2.29. The standard InChI is InChI=1S/C24H24ClFN4O5/c25-15-3-6-30-20(11-17-13-29(24(33)34)7-8-35-17)22(27-21(30)10-15)18-2-1-14(9-19(18)26)23(32)28-5-4-16(31)12-28/h1-3,6,9-10,16-17,31H,4-5,7-8,11-13H2,(H,33,34). The highest BCUT2D eigenvalue weighted by molar-refractivity contribution is 6.30. The van der Waals surface area contributed by atoms with Gasteiger partial charge in [-0.25, -0.2) is 14.2 Å². The molecule has 0 saturated carbocycles. The third kappa shape index (κ3) is 4.69. The van der Waals surface area contributed by atoms with E-state index in [2.05, 4.69) is 4.98 Å². The number of hydrogen-bond donors (Lipinski definition) is 2. The molecule has 2 saturated heterocycles. The molecule has 5 rings (SSSR count). The number of pyridine rings is 1. The Morgan fingerprint density at radius 3 is 2.71 bits per heavy atom. The van der Waals surface area contributed by atoms with E-state index in [-0.39, 0.29) is 36.7 Å². The summed E-state index contributed by atoms with van der Waals surface area (Å²) in [5, 5.41) is 19.5. The summed E-state index contributed by atoms with van der Waals surface area (Å²) in [5.74, 6) is -0.943. The fourth-order valence-electron chi connectivity index (χ4n) is 4.66. The second-order valence-corrected chi connectivity index (χ2v) is 9.23. The minimum Gasteiger partial charge on any atom is -0.465 e. The van der Waals surface area contributed by atoms with E-state index in [0.29, 0.717) is 48.0 Å². The fourth-order valence-corrected chi connectivity index (χ4v) is 4.82. The third-order valence-corrected chi connectivity index (χ3v) is 6.67. The summed E-state index contributed by atoms with van der Waals surface area (Å²) in [7, 11) is 0. The van der Waals surface area contributed by atoms with Gasteiger partial charge in [0.1, 0.15) is 11.5 Å². The van der Waals surface area contributed by atoms with Crippen LogP contribution in [0.15, 0.2) is 36.5 Å². The summed E-state index contributed by atoms with van der Waals surface area (Å²) >= 11 is 6.15. The number of aliphatic hydroxyl groups excluding tert-OH is 1. The highest BCUT2D eigenvalue weighted by atomic mass is 35.5. The number of carbonyl (C=O) groups is 2. The van der Waals surface area contributed by atoms with Crippen LogP contribution in [0.5, 0.6) is 0 Å². The van der Waals surface area contributed by atoms with Crippen molar-refractivity contribution in [2.45, 2.75) is 25.0 Å². The van der Waals surface area contributed by atoms with Crippen LogP contribution >= 0.6 is 11.6 Å². The van der Waals surface area contributed by atoms with Crippen LogP contribution in [0.2, 0.25) is 5.02 Å². The van der Waals surface area contributed by atoms with Crippen molar-refractivity contribution in [3.8, 4) is 11.3 Å². The second-order valence-electron chi connectivity index (χ2n) is 8.79. The van der Waals surface area contributed by atoms with E-state index in [1.54, 1.807) is 28.8 Å². The number of halogens is 2. The Balaban J connectivity index is 1.50. The zero-order valence-electron chi connectivity index (χ0n) is 18.7. The van der Waals surface area contributed by atoms with Gasteiger partial charge in [-0.15, -0.1) is 0 Å². The molecule has 4 heterocycles. The van der Waals surface area contributed by atoms with Crippen molar-refractivity contribution in [3.63, 3.8) is 0 Å². The summed E-state index contributed by atoms with van der Waals surface area (Å²) in [6.45, 7) is 1.40. The Morgan fingerprint density at radius 2 is 2.00 bits per heavy atom. The lowest BCUT2D eigenvalue weighted by Crippen LogP contribution is -2.45. The number of morpholine rings is 1. The van der Waals surface area contributed by atoms with Crippen molar-refractivity contribution in [1.29, 1.82) is 0 Å². The van der Waals surface area contributed by atoms with Gasteiger partial charge in [0.2, 0.25) is 0 Å². The second kappa shape index (κ2) is 9.44. The van der Waals surface area contributed by atoms with Gasteiger partial charge < -0.3 is 29.2 Å². The van der Waals surface area contributed by atoms with Crippen molar-refractivity contribution in [1.82, 2.24) is 19.2 Å². The molecule has 0 aliphatic carbocycles. The molecule has 0 radical (unpaired) electrons. The molecule has 11 heteroatoms. The van der Waals surface area contributed by atoms with E-state index in [0.717, 1.165) is 0 Å². The number of rotatable bonds is 4. The molecule has 184 valence electrons. The molecule has 35 heavy (non-hydrogen) atoms. The van der Waals surface area contributed by atoms with E-state index < -0.39 is 24.1 Å². The third-order valence-electron chi connectivity index (χ3n) is 6.44. The molecule has 9 nitrogen and oxygen atoms in total. The van der Waals surface area contributed by atoms with Crippen LogP contribution in [-0.4, -0.2) is 86.4 Å². The Morgan fingerprint density at radius 1 is 1.17 bits per heavy atom. The summed E-state index contributed by atoms with van der Waals surface area (Å²) in [5.41, 5.74) is 1.94. The smallest absolute Gasteiger partial charge is 0.407 e. The summed E-state index contributed by atoms with van der Waals surface area (Å²) in [6, 6.07) is 7.61. The quantitative estimate of drug-likeness (QED) is 0.568. The van der Waals surface area contributed by atoms with Crippen LogP contribution in [-0.2, 0) is 11.2 Å². The molecule has 2 amide bonds. The number of carboxylic acid groups (broad SMARTS) is 1. The number of amides is 2. The van der Waals surface area contributed by atoms with Gasteiger partial charge in [0, 0.05) is 54.5 Å². The Kier molecular flexibility index (Phi) is 6.35. The normalized spacial score (nSPS) is 20.5. The molecule has 2 aliphatic rings. The van der Waals surface area contributed by atoms with Crippen molar-refractivity contribution < 1.29 is 28.9 Å². The number of benzene rings is 1. The first-order chi connectivity index (χ1) is 16.8. The number of aliphatic hydroxyl groups is 1. The molecule has 2 aromatic heterocycles. The van der Waals surface area contributed by atoms with Crippen molar-refractivity contribution in [3.05, 3.63) is 58.6 Å². The maximum Gasteiger partial charge on any atom is 0.407 e. The highest BCUT2D eigenvalue weighted by Crippen LogP contribution is 2.31. The first kappa shape index (κ1) is 23.5. The first-order valence-corrected chi connectivity index (χ1v) is 11.7.